The van der Waals surface area contributed by atoms with Gasteiger partial charge in [0.05, 0.1) is 91.4 Å². The molecule has 4 unspecified atom stereocenters. The maximum absolute atomic E-state index is 13.0. The summed E-state index contributed by atoms with van der Waals surface area (Å²) in [5.74, 6) is 0.789. The van der Waals surface area contributed by atoms with E-state index in [1.54, 1.807) is 26.5 Å². The standard InChI is InChI=1S/C33H47N6O7P.C24H30N4O6.C6H11N.C3H7ClNOP/c1-7-28-29(46-47(44-18-11-16-34)39(22(2)3)23(4)5)30(32(45-28)38-20-24(6)31(41)36-33(38)42)43-19-15-25(40)12-10-17-37-21-35-26-13-8-9-14-27(26)37;1-3-19-20(30)21(23(34-19)28-13-15(2)22(31)26-24(28)32)33-12-10-16(29)7-6-11-27-14-25-17-8-4-5-9-18(17)27;1-6(2)4-3-5-7;1-3(2)5-7(4)6/h8-9,13-14,20-23,28-30,32H,7,10-12,15,17-19H2,1-6H3,(H,36,41,42);4-5,8-9,13-14,19-21,23,30H,3,6-7,10-12H2,1-2H3,(H,26,31,32);6H,3-4H2,1-2H3;3H,1-2H3/t28-,29?,30+,32-,47?;19-,20?,21+,23-;;/m11../s1. The lowest BCUT2D eigenvalue weighted by molar-refractivity contribution is -0.150. The van der Waals surface area contributed by atoms with Gasteiger partial charge in [0.15, 0.2) is 23.7 Å². The van der Waals surface area contributed by atoms with Gasteiger partial charge in [0, 0.05) is 80.8 Å². The van der Waals surface area contributed by atoms with Gasteiger partial charge in [-0.2, -0.15) is 10.5 Å². The lowest BCUT2D eigenvalue weighted by Gasteiger charge is -2.38. The Labute approximate surface area is 562 Å². The lowest BCUT2D eigenvalue weighted by atomic mass is 10.1. The van der Waals surface area contributed by atoms with Gasteiger partial charge in [-0.3, -0.25) is 38.3 Å². The van der Waals surface area contributed by atoms with Crippen LogP contribution in [0.3, 0.4) is 0 Å². The van der Waals surface area contributed by atoms with Gasteiger partial charge < -0.3 is 47.1 Å². The molecule has 0 bridgehead atoms. The zero-order valence-electron chi connectivity index (χ0n) is 56.7. The number of rotatable bonds is 31. The quantitative estimate of drug-likeness (QED) is 0.0269. The fourth-order valence-corrected chi connectivity index (χ4v) is 13.3. The van der Waals surface area contributed by atoms with Crippen molar-refractivity contribution in [3.05, 3.63) is 126 Å². The van der Waals surface area contributed by atoms with Crippen molar-refractivity contribution in [1.29, 1.82) is 10.5 Å². The summed E-state index contributed by atoms with van der Waals surface area (Å²) >= 11 is 5.02. The Kier molecular flexibility index (Phi) is 33.6. The normalized spacial score (nSPS) is 19.7. The summed E-state index contributed by atoms with van der Waals surface area (Å²) in [6.45, 7) is 24.9. The molecule has 0 saturated carbocycles. The predicted octanol–water partition coefficient (Wildman–Crippen LogP) is 10.1. The van der Waals surface area contributed by atoms with Crippen LogP contribution in [0.25, 0.3) is 22.1 Å². The van der Waals surface area contributed by atoms with E-state index in [9.17, 15) is 38.8 Å². The molecule has 8 rings (SSSR count). The van der Waals surface area contributed by atoms with Crippen molar-refractivity contribution < 1.29 is 47.6 Å². The number of hydrogen-bond acceptors (Lipinski definition) is 20. The zero-order valence-corrected chi connectivity index (χ0v) is 59.2. The van der Waals surface area contributed by atoms with E-state index < -0.39 is 87.4 Å². The molecule has 2 saturated heterocycles. The number of aromatic amines is 2. The number of hydrogen-bond donors (Lipinski definition) is 3. The van der Waals surface area contributed by atoms with Gasteiger partial charge >= 0.3 is 11.4 Å². The van der Waals surface area contributed by atoms with E-state index in [1.165, 1.54) is 21.5 Å². The molecule has 0 radical (unpaired) electrons. The first-order valence-electron chi connectivity index (χ1n) is 32.5. The van der Waals surface area contributed by atoms with E-state index in [0.717, 1.165) is 28.5 Å². The summed E-state index contributed by atoms with van der Waals surface area (Å²) in [5, 5.41) is 27.9. The molecular formula is C66H95ClN12O14P2. The van der Waals surface area contributed by atoms with Gasteiger partial charge in [0.25, 0.3) is 26.9 Å². The number of nitrogens with zero attached hydrogens (tertiary/aromatic N) is 10. The number of aliphatic hydroxyl groups excluding tert-OH is 1. The molecular weight excluding hydrogens is 1280 g/mol. The number of ether oxygens (including phenoxy) is 4. The molecule has 0 spiro atoms. The van der Waals surface area contributed by atoms with E-state index in [2.05, 4.69) is 83.0 Å². The first-order chi connectivity index (χ1) is 45.3. The molecule has 2 fully saturated rings. The van der Waals surface area contributed by atoms with Crippen LogP contribution < -0.4 is 27.4 Å². The van der Waals surface area contributed by atoms with Gasteiger partial charge in [0.2, 0.25) is 0 Å². The molecule has 2 aliphatic rings. The van der Waals surface area contributed by atoms with Crippen molar-refractivity contribution in [2.75, 3.05) is 19.8 Å². The van der Waals surface area contributed by atoms with Gasteiger partial charge in [-0.15, -0.1) is 0 Å². The third-order valence-electron chi connectivity index (χ3n) is 15.4. The number of aliphatic hydroxyl groups is 1. The molecule has 3 N–H and O–H groups in total. The molecule has 520 valence electrons. The zero-order chi connectivity index (χ0) is 69.9. The number of nitrogens with one attached hydrogen (secondary N) is 2. The molecule has 29 heteroatoms. The fourth-order valence-electron chi connectivity index (χ4n) is 10.6. The Morgan fingerprint density at radius 1 is 0.716 bits per heavy atom. The number of nitriles is 2. The number of halogens is 1. The minimum absolute atomic E-state index is 0.0541. The second-order valence-electron chi connectivity index (χ2n) is 24.3. The van der Waals surface area contributed by atoms with Crippen molar-refractivity contribution in [2.24, 2.45) is 10.7 Å². The molecule has 6 heterocycles. The number of carbonyl (C=O) groups excluding carboxylic acids is 2. The van der Waals surface area contributed by atoms with Crippen LogP contribution in [0.1, 0.15) is 163 Å². The third kappa shape index (κ3) is 24.2. The highest BCUT2D eigenvalue weighted by Crippen LogP contribution is 2.51. The Hall–Kier alpha value is -6.48. The summed E-state index contributed by atoms with van der Waals surface area (Å²) in [6, 6.07) is 20.2. The number of Topliss-reactive ketones (excluding diaryl/α,β-unsaturated/α-hetero) is 2. The van der Waals surface area contributed by atoms with Crippen LogP contribution >= 0.6 is 27.1 Å². The highest BCUT2D eigenvalue weighted by Gasteiger charge is 2.50. The largest absolute Gasteiger partial charge is 0.596 e. The van der Waals surface area contributed by atoms with Crippen LogP contribution in [0.4, 0.5) is 0 Å². The summed E-state index contributed by atoms with van der Waals surface area (Å²) in [7, 11) is -3.45. The maximum Gasteiger partial charge on any atom is 0.330 e. The molecule has 0 aliphatic carbocycles. The monoisotopic (exact) mass is 1380 g/mol. The van der Waals surface area contributed by atoms with E-state index >= 15 is 0 Å². The van der Waals surface area contributed by atoms with Crippen LogP contribution in [0.15, 0.2) is 97.5 Å². The highest BCUT2D eigenvalue weighted by molar-refractivity contribution is 7.69. The van der Waals surface area contributed by atoms with Crippen LogP contribution in [0, 0.1) is 42.4 Å². The number of fused-ring (bicyclic) bond motifs is 2. The highest BCUT2D eigenvalue weighted by atomic mass is 35.7. The van der Waals surface area contributed by atoms with Crippen LogP contribution in [-0.2, 0) is 50.7 Å². The van der Waals surface area contributed by atoms with Gasteiger partial charge in [-0.05, 0) is 118 Å². The number of aryl methyl sites for hydroxylation is 4. The van der Waals surface area contributed by atoms with Crippen molar-refractivity contribution in [2.45, 2.75) is 234 Å². The number of carbonyl (C=O) groups is 2. The number of aromatic nitrogens is 8. The van der Waals surface area contributed by atoms with Gasteiger partial charge in [-0.1, -0.05) is 56.7 Å². The Morgan fingerprint density at radius 2 is 1.18 bits per heavy atom. The molecule has 4 aromatic heterocycles. The van der Waals surface area contributed by atoms with Crippen molar-refractivity contribution in [3.8, 4) is 12.1 Å². The molecule has 6 aromatic rings. The van der Waals surface area contributed by atoms with Crippen LogP contribution in [-0.4, -0.2) is 134 Å². The first-order valence-corrected chi connectivity index (χ1v) is 35.7. The van der Waals surface area contributed by atoms with Crippen molar-refractivity contribution >= 4 is 60.7 Å². The SMILES string of the molecule is CC(C)CCC#N.CC(C)N=[P+]([O-])Cl.CC[C@H]1O[C@@H](n2cc(C)c(=O)[nH]c2=O)[C@@H](OCCC(=O)CCCn2cnc3ccccc32)C1O.CC[C@H]1O[C@@H](n2cc(C)c(=O)[nH]c2=O)[C@@H](OCCC(=O)CCCn2cnc3ccccc32)C1OP(OCCC#N)N(C(C)C)C(C)C. The first kappa shape index (κ1) is 79.2. The van der Waals surface area contributed by atoms with E-state index in [1.807, 2.05) is 85.4 Å². The predicted molar refractivity (Wildman–Crippen MR) is 363 cm³/mol. The second kappa shape index (κ2) is 40.3. The van der Waals surface area contributed by atoms with Crippen molar-refractivity contribution in [3.63, 3.8) is 0 Å². The second-order valence-corrected chi connectivity index (χ2v) is 27.3. The van der Waals surface area contributed by atoms with Gasteiger partial charge in [-0.25, -0.2) is 24.2 Å². The third-order valence-corrected chi connectivity index (χ3v) is 18.5. The lowest BCUT2D eigenvalue weighted by Crippen LogP contribution is -2.42. The fraction of sp³-hybridized carbons (Fsp3) is 0.606. The van der Waals surface area contributed by atoms with Crippen LogP contribution in [0.5, 0.6) is 0 Å². The van der Waals surface area contributed by atoms with Crippen molar-refractivity contribution in [1.82, 2.24) is 42.9 Å². The maximum atomic E-state index is 13.0. The van der Waals surface area contributed by atoms with Crippen LogP contribution in [0.2, 0.25) is 0 Å². The number of H-pyrrole nitrogens is 2. The topological polar surface area (TPSA) is 341 Å². The molecule has 2 aliphatic heterocycles. The Morgan fingerprint density at radius 3 is 1.60 bits per heavy atom. The number of benzene rings is 2. The number of para-hydroxylation sites is 4. The molecule has 26 nitrogen and oxygen atoms in total. The minimum atomic E-state index is -1.79. The summed E-state index contributed by atoms with van der Waals surface area (Å²) in [4.78, 5) is 97.9. The molecule has 0 amide bonds. The Balaban J connectivity index is 0.000000294. The number of imidazole rings is 2. The average molecular weight is 1380 g/mol. The number of ketones is 2. The summed E-state index contributed by atoms with van der Waals surface area (Å²) < 4.78 is 49.7. The smallest absolute Gasteiger partial charge is 0.330 e. The molecule has 10 atom stereocenters. The molecule has 2 aromatic carbocycles. The Bertz CT molecular complexity index is 3730. The summed E-state index contributed by atoms with van der Waals surface area (Å²) in [6.07, 6.45) is 5.89. The molecule has 95 heavy (non-hydrogen) atoms. The average Bonchev–Trinajstić information content (AvgIpc) is 1.67. The van der Waals surface area contributed by atoms with E-state index in [4.69, 9.17) is 49.8 Å². The summed E-state index contributed by atoms with van der Waals surface area (Å²) in [5.41, 5.74) is 2.39. The van der Waals surface area contributed by atoms with E-state index in [0.29, 0.717) is 75.1 Å². The minimum Gasteiger partial charge on any atom is -0.596 e. The van der Waals surface area contributed by atoms with Gasteiger partial charge in [0.1, 0.15) is 36.0 Å². The van der Waals surface area contributed by atoms with E-state index in [-0.39, 0.29) is 68.8 Å².